The molecule has 0 unspecified atom stereocenters. The van der Waals surface area contributed by atoms with E-state index >= 15 is 0 Å². The van der Waals surface area contributed by atoms with E-state index in [0.717, 1.165) is 12.0 Å². The van der Waals surface area contributed by atoms with Crippen molar-refractivity contribution < 1.29 is 19.1 Å². The van der Waals surface area contributed by atoms with Gasteiger partial charge in [0.25, 0.3) is 0 Å². The minimum absolute atomic E-state index is 0.437. The van der Waals surface area contributed by atoms with Crippen molar-refractivity contribution in [2.75, 3.05) is 13.7 Å². The Bertz CT molecular complexity index is 575. The molecule has 0 amide bonds. The maximum atomic E-state index is 11.5. The molecule has 5 heteroatoms. The predicted octanol–water partition coefficient (Wildman–Crippen LogP) is 2.80. The Morgan fingerprint density at radius 1 is 1.35 bits per heavy atom. The summed E-state index contributed by atoms with van der Waals surface area (Å²) in [7, 11) is 1.58. The Balaban J connectivity index is 2.28. The third-order valence-corrected chi connectivity index (χ3v) is 2.84. The van der Waals surface area contributed by atoms with Crippen molar-refractivity contribution in [2.45, 2.75) is 20.3 Å². The van der Waals surface area contributed by atoms with Crippen LogP contribution in [-0.4, -0.2) is 25.4 Å². The van der Waals surface area contributed by atoms with Crippen LogP contribution in [0.15, 0.2) is 28.9 Å². The molecule has 1 aliphatic heterocycles. The van der Waals surface area contributed by atoms with Gasteiger partial charge in [-0.05, 0) is 37.1 Å². The molecule has 0 radical (unpaired) electrons. The summed E-state index contributed by atoms with van der Waals surface area (Å²) in [6, 6.07) is 5.50. The fourth-order valence-corrected chi connectivity index (χ4v) is 1.79. The van der Waals surface area contributed by atoms with E-state index in [0.29, 0.717) is 29.4 Å². The summed E-state index contributed by atoms with van der Waals surface area (Å²) in [6.45, 7) is 4.40. The molecule has 2 rings (SSSR count). The molecule has 0 N–H and O–H groups in total. The van der Waals surface area contributed by atoms with E-state index in [1.807, 2.05) is 25.1 Å². The Morgan fingerprint density at radius 3 is 2.75 bits per heavy atom. The molecular weight excluding hydrogens is 258 g/mol. The second kappa shape index (κ2) is 6.23. The average molecular weight is 275 g/mol. The van der Waals surface area contributed by atoms with Crippen molar-refractivity contribution in [1.82, 2.24) is 0 Å². The Kier molecular flexibility index (Phi) is 4.40. The summed E-state index contributed by atoms with van der Waals surface area (Å²) in [5, 5.41) is 3.64. The van der Waals surface area contributed by atoms with Gasteiger partial charge in [-0.1, -0.05) is 18.1 Å². The smallest absolute Gasteiger partial charge is 0.367 e. The summed E-state index contributed by atoms with van der Waals surface area (Å²) >= 11 is 0. The van der Waals surface area contributed by atoms with Gasteiger partial charge in [0.05, 0.1) is 25.0 Å². The fraction of sp³-hybridized carbons (Fsp3) is 0.333. The molecule has 0 saturated carbocycles. The highest BCUT2D eigenvalue weighted by molar-refractivity contribution is 6.24. The van der Waals surface area contributed by atoms with E-state index in [9.17, 15) is 4.79 Å². The van der Waals surface area contributed by atoms with Crippen LogP contribution in [-0.2, 0) is 9.63 Å². The first-order valence-electron chi connectivity index (χ1n) is 6.44. The van der Waals surface area contributed by atoms with Crippen molar-refractivity contribution in [2.24, 2.45) is 5.16 Å². The van der Waals surface area contributed by atoms with Crippen LogP contribution in [0, 0.1) is 0 Å². The maximum absolute atomic E-state index is 11.5. The normalized spacial score (nSPS) is 16.1. The van der Waals surface area contributed by atoms with Gasteiger partial charge in [0, 0.05) is 0 Å². The molecule has 1 heterocycles. The first-order valence-corrected chi connectivity index (χ1v) is 6.44. The van der Waals surface area contributed by atoms with E-state index in [1.54, 1.807) is 20.1 Å². The summed E-state index contributed by atoms with van der Waals surface area (Å²) < 4.78 is 10.9. The van der Waals surface area contributed by atoms with Crippen LogP contribution in [0.4, 0.5) is 0 Å². The van der Waals surface area contributed by atoms with Crippen LogP contribution in [0.1, 0.15) is 25.8 Å². The van der Waals surface area contributed by atoms with Gasteiger partial charge in [0.1, 0.15) is 0 Å². The van der Waals surface area contributed by atoms with Crippen molar-refractivity contribution in [3.63, 3.8) is 0 Å². The average Bonchev–Trinajstić information content (AvgIpc) is 2.77. The van der Waals surface area contributed by atoms with Crippen LogP contribution >= 0.6 is 0 Å². The van der Waals surface area contributed by atoms with Gasteiger partial charge in [-0.2, -0.15) is 0 Å². The zero-order valence-electron chi connectivity index (χ0n) is 11.8. The van der Waals surface area contributed by atoms with Crippen LogP contribution in [0.2, 0.25) is 0 Å². The quantitative estimate of drug-likeness (QED) is 0.612. The summed E-state index contributed by atoms with van der Waals surface area (Å²) in [5.74, 6) is 0.886. The van der Waals surface area contributed by atoms with Gasteiger partial charge in [-0.15, -0.1) is 0 Å². The predicted molar refractivity (Wildman–Crippen MR) is 76.0 cm³/mol. The second-order valence-corrected chi connectivity index (χ2v) is 4.37. The molecule has 0 spiro atoms. The first kappa shape index (κ1) is 14.1. The summed E-state index contributed by atoms with van der Waals surface area (Å²) in [6.07, 6.45) is 2.65. The lowest BCUT2D eigenvalue weighted by atomic mass is 10.1. The number of hydrogen-bond donors (Lipinski definition) is 0. The number of carbonyl (C=O) groups is 1. The molecule has 0 aromatic heterocycles. The lowest BCUT2D eigenvalue weighted by molar-refractivity contribution is -0.136. The second-order valence-electron chi connectivity index (χ2n) is 4.37. The largest absolute Gasteiger partial charge is 0.493 e. The van der Waals surface area contributed by atoms with E-state index in [1.165, 1.54) is 0 Å². The van der Waals surface area contributed by atoms with E-state index in [4.69, 9.17) is 9.47 Å². The van der Waals surface area contributed by atoms with E-state index in [2.05, 4.69) is 9.99 Å². The van der Waals surface area contributed by atoms with Crippen LogP contribution in [0.25, 0.3) is 6.08 Å². The number of carbonyl (C=O) groups excluding carboxylic acids is 1. The van der Waals surface area contributed by atoms with Crippen molar-refractivity contribution in [3.8, 4) is 11.5 Å². The molecule has 20 heavy (non-hydrogen) atoms. The third-order valence-electron chi connectivity index (χ3n) is 2.84. The van der Waals surface area contributed by atoms with Crippen LogP contribution < -0.4 is 9.47 Å². The van der Waals surface area contributed by atoms with Gasteiger partial charge in [0.15, 0.2) is 11.5 Å². The number of rotatable bonds is 5. The third kappa shape index (κ3) is 2.99. The number of methoxy groups -OCH3 is 1. The number of ether oxygens (including phenoxy) is 2. The minimum atomic E-state index is -0.437. The highest BCUT2D eigenvalue weighted by atomic mass is 16.7. The molecule has 0 saturated heterocycles. The summed E-state index contributed by atoms with van der Waals surface area (Å²) in [4.78, 5) is 16.1. The molecule has 106 valence electrons. The fourth-order valence-electron chi connectivity index (χ4n) is 1.79. The Hall–Kier alpha value is -2.30. The first-order chi connectivity index (χ1) is 9.65. The highest BCUT2D eigenvalue weighted by Crippen LogP contribution is 2.29. The Labute approximate surface area is 117 Å². The van der Waals surface area contributed by atoms with Gasteiger partial charge < -0.3 is 14.3 Å². The minimum Gasteiger partial charge on any atom is -0.493 e. The van der Waals surface area contributed by atoms with E-state index in [-0.39, 0.29) is 0 Å². The molecule has 0 bridgehead atoms. The monoisotopic (exact) mass is 275 g/mol. The number of oxime groups is 1. The summed E-state index contributed by atoms with van der Waals surface area (Å²) in [5.41, 5.74) is 1.85. The van der Waals surface area contributed by atoms with Crippen molar-refractivity contribution in [3.05, 3.63) is 29.3 Å². The topological polar surface area (TPSA) is 57.1 Å². The molecule has 1 aromatic carbocycles. The van der Waals surface area contributed by atoms with Crippen LogP contribution in [0.3, 0.4) is 0 Å². The van der Waals surface area contributed by atoms with E-state index < -0.39 is 5.97 Å². The molecule has 0 fully saturated rings. The van der Waals surface area contributed by atoms with Gasteiger partial charge in [0.2, 0.25) is 0 Å². The molecular formula is C15H17NO4. The Morgan fingerprint density at radius 2 is 2.15 bits per heavy atom. The SMILES string of the molecule is CCCOc1ccc(C=C2C(=O)ON=C2C)cc1OC. The lowest BCUT2D eigenvalue weighted by Crippen LogP contribution is -2.02. The maximum Gasteiger partial charge on any atom is 0.367 e. The zero-order chi connectivity index (χ0) is 14.5. The van der Waals surface area contributed by atoms with Gasteiger partial charge in [-0.25, -0.2) is 4.79 Å². The van der Waals surface area contributed by atoms with Crippen molar-refractivity contribution in [1.29, 1.82) is 0 Å². The lowest BCUT2D eigenvalue weighted by Gasteiger charge is -2.10. The number of benzene rings is 1. The standard InChI is InChI=1S/C15H17NO4/c1-4-7-19-13-6-5-11(9-14(13)18-3)8-12-10(2)16-20-15(12)17/h5-6,8-9H,4,7H2,1-3H3. The number of hydrogen-bond acceptors (Lipinski definition) is 5. The van der Waals surface area contributed by atoms with Crippen LogP contribution in [0.5, 0.6) is 11.5 Å². The zero-order valence-corrected chi connectivity index (χ0v) is 11.8. The van der Waals surface area contributed by atoms with Crippen molar-refractivity contribution >= 4 is 17.8 Å². The molecule has 1 aromatic rings. The van der Waals surface area contributed by atoms with Gasteiger partial charge >= 0.3 is 5.97 Å². The highest BCUT2D eigenvalue weighted by Gasteiger charge is 2.21. The molecule has 0 atom stereocenters. The molecule has 5 nitrogen and oxygen atoms in total. The van der Waals surface area contributed by atoms with Gasteiger partial charge in [-0.3, -0.25) is 0 Å². The molecule has 0 aliphatic carbocycles. The molecule has 1 aliphatic rings. The number of nitrogens with zero attached hydrogens (tertiary/aromatic N) is 1.